The van der Waals surface area contributed by atoms with Crippen LogP contribution in [0.25, 0.3) is 0 Å². The Labute approximate surface area is 184 Å². The number of halogens is 5. The third-order valence-corrected chi connectivity index (χ3v) is 4.30. The molecular formula is C18H15F5N6S2. The summed E-state index contributed by atoms with van der Waals surface area (Å²) in [4.78, 5) is 0. The molecule has 0 bridgehead atoms. The van der Waals surface area contributed by atoms with Gasteiger partial charge in [0, 0.05) is 19.7 Å². The van der Waals surface area contributed by atoms with Gasteiger partial charge in [-0.05, 0) is 24.4 Å². The summed E-state index contributed by atoms with van der Waals surface area (Å²) in [5, 5.41) is 12.7. The van der Waals surface area contributed by atoms with Crippen LogP contribution in [0.5, 0.6) is 0 Å². The minimum atomic E-state index is -2.30. The molecule has 0 aromatic heterocycles. The Hall–Kier alpha value is -3.19. The van der Waals surface area contributed by atoms with E-state index in [1.807, 2.05) is 0 Å². The lowest BCUT2D eigenvalue weighted by Gasteiger charge is -2.15. The van der Waals surface area contributed by atoms with Crippen molar-refractivity contribution in [2.45, 2.75) is 0 Å². The van der Waals surface area contributed by atoms with Gasteiger partial charge in [0.05, 0.1) is 5.56 Å². The summed E-state index contributed by atoms with van der Waals surface area (Å²) in [7, 11) is 2.92. The van der Waals surface area contributed by atoms with E-state index in [9.17, 15) is 22.0 Å². The highest BCUT2D eigenvalue weighted by atomic mass is 32.1. The molecule has 0 amide bonds. The van der Waals surface area contributed by atoms with E-state index in [2.05, 4.69) is 31.7 Å². The predicted octanol–water partition coefficient (Wildman–Crippen LogP) is 2.68. The van der Waals surface area contributed by atoms with E-state index in [0.29, 0.717) is 0 Å². The zero-order chi connectivity index (χ0) is 23.1. The molecule has 2 rings (SSSR count). The molecule has 0 radical (unpaired) electrons. The van der Waals surface area contributed by atoms with Crippen molar-refractivity contribution in [2.75, 3.05) is 14.1 Å². The normalized spacial score (nSPS) is 11.7. The summed E-state index contributed by atoms with van der Waals surface area (Å²) in [6, 6.07) is 7.77. The van der Waals surface area contributed by atoms with Crippen molar-refractivity contribution < 1.29 is 22.0 Å². The molecule has 0 saturated carbocycles. The van der Waals surface area contributed by atoms with Gasteiger partial charge in [-0.15, -0.1) is 0 Å². The summed E-state index contributed by atoms with van der Waals surface area (Å²) < 4.78 is 70.6. The Morgan fingerprint density at radius 2 is 1.10 bits per heavy atom. The third kappa shape index (κ3) is 5.49. The van der Waals surface area contributed by atoms with E-state index < -0.39 is 40.4 Å². The molecule has 2 aromatic carbocycles. The standard InChI is InChI=1S/C18H15F5N6S2/c1-24-17(30)28-26-15(8-6-4-3-5-7-8)16(27-29-18(31)25-2)9-10(19)12(21)14(23)13(22)11(9)20/h3-7H,1-2H3,(H2,24,28,30)(H2,25,29,31)/b26-15+,27-16+. The first-order valence-corrected chi connectivity index (χ1v) is 9.22. The highest BCUT2D eigenvalue weighted by Gasteiger charge is 2.31. The van der Waals surface area contributed by atoms with Crippen LogP contribution in [-0.4, -0.2) is 35.7 Å². The molecule has 0 spiro atoms. The maximum absolute atomic E-state index is 14.6. The summed E-state index contributed by atoms with van der Waals surface area (Å²) >= 11 is 9.81. The predicted molar refractivity (Wildman–Crippen MR) is 115 cm³/mol. The molecule has 4 N–H and O–H groups in total. The zero-order valence-corrected chi connectivity index (χ0v) is 17.6. The van der Waals surface area contributed by atoms with E-state index >= 15 is 0 Å². The number of hydrogen-bond donors (Lipinski definition) is 4. The number of rotatable bonds is 5. The van der Waals surface area contributed by atoms with Crippen LogP contribution in [-0.2, 0) is 0 Å². The van der Waals surface area contributed by atoms with Gasteiger partial charge in [-0.25, -0.2) is 22.0 Å². The number of benzene rings is 2. The van der Waals surface area contributed by atoms with Crippen molar-refractivity contribution in [1.82, 2.24) is 21.5 Å². The second-order valence-electron chi connectivity index (χ2n) is 5.61. The van der Waals surface area contributed by atoms with Gasteiger partial charge in [-0.3, -0.25) is 10.9 Å². The van der Waals surface area contributed by atoms with Crippen LogP contribution in [0.1, 0.15) is 11.1 Å². The minimum absolute atomic E-state index is 0.0175. The molecule has 0 aliphatic rings. The molecule has 13 heteroatoms. The first-order valence-electron chi connectivity index (χ1n) is 8.41. The third-order valence-electron chi connectivity index (χ3n) is 3.71. The van der Waals surface area contributed by atoms with Gasteiger partial charge < -0.3 is 10.6 Å². The lowest BCUT2D eigenvalue weighted by molar-refractivity contribution is 0.377. The molecule has 31 heavy (non-hydrogen) atoms. The van der Waals surface area contributed by atoms with E-state index in [4.69, 9.17) is 24.4 Å². The second-order valence-corrected chi connectivity index (χ2v) is 6.43. The van der Waals surface area contributed by atoms with Gasteiger partial charge in [-0.2, -0.15) is 10.2 Å². The first kappa shape index (κ1) is 24.1. The molecule has 2 aromatic rings. The number of hydrogen-bond acceptors (Lipinski definition) is 4. The second kappa shape index (κ2) is 10.7. The van der Waals surface area contributed by atoms with E-state index in [1.165, 1.54) is 26.2 Å². The van der Waals surface area contributed by atoms with Gasteiger partial charge in [0.25, 0.3) is 0 Å². The monoisotopic (exact) mass is 474 g/mol. The van der Waals surface area contributed by atoms with Gasteiger partial charge in [0.15, 0.2) is 33.5 Å². The van der Waals surface area contributed by atoms with E-state index in [1.54, 1.807) is 18.2 Å². The Bertz CT molecular complexity index is 1030. The fourth-order valence-corrected chi connectivity index (χ4v) is 2.31. The molecule has 0 heterocycles. The van der Waals surface area contributed by atoms with Crippen LogP contribution in [0.3, 0.4) is 0 Å². The first-order chi connectivity index (χ1) is 14.7. The largest absolute Gasteiger partial charge is 0.364 e. The van der Waals surface area contributed by atoms with E-state index in [-0.39, 0.29) is 21.5 Å². The van der Waals surface area contributed by atoms with Crippen molar-refractivity contribution in [1.29, 1.82) is 0 Å². The zero-order valence-electron chi connectivity index (χ0n) is 16.0. The summed E-state index contributed by atoms with van der Waals surface area (Å²) in [6.45, 7) is 0. The number of hydrazone groups is 2. The van der Waals surface area contributed by atoms with Crippen LogP contribution in [0.4, 0.5) is 22.0 Å². The average Bonchev–Trinajstić information content (AvgIpc) is 2.79. The Morgan fingerprint density at radius 1 is 0.677 bits per heavy atom. The van der Waals surface area contributed by atoms with Crippen LogP contribution < -0.4 is 21.5 Å². The van der Waals surface area contributed by atoms with Crippen molar-refractivity contribution in [3.63, 3.8) is 0 Å². The van der Waals surface area contributed by atoms with Crippen molar-refractivity contribution >= 4 is 46.1 Å². The molecule has 0 saturated heterocycles. The molecule has 0 aliphatic carbocycles. The van der Waals surface area contributed by atoms with Gasteiger partial charge >= 0.3 is 0 Å². The summed E-state index contributed by atoms with van der Waals surface area (Å²) in [6.07, 6.45) is 0. The summed E-state index contributed by atoms with van der Waals surface area (Å²) in [5.74, 6) is -10.8. The lowest BCUT2D eigenvalue weighted by atomic mass is 9.98. The Morgan fingerprint density at radius 3 is 1.55 bits per heavy atom. The van der Waals surface area contributed by atoms with Crippen LogP contribution >= 0.6 is 24.4 Å². The van der Waals surface area contributed by atoms with Crippen molar-refractivity contribution in [2.24, 2.45) is 10.2 Å². The van der Waals surface area contributed by atoms with E-state index in [0.717, 1.165) is 0 Å². The Balaban J connectivity index is 2.84. The minimum Gasteiger partial charge on any atom is -0.364 e. The van der Waals surface area contributed by atoms with Crippen molar-refractivity contribution in [3.8, 4) is 0 Å². The number of thiocarbonyl (C=S) groups is 2. The highest BCUT2D eigenvalue weighted by molar-refractivity contribution is 7.80. The van der Waals surface area contributed by atoms with Gasteiger partial charge in [0.1, 0.15) is 11.4 Å². The summed E-state index contributed by atoms with van der Waals surface area (Å²) in [5.41, 5.74) is 2.60. The van der Waals surface area contributed by atoms with Crippen LogP contribution in [0, 0.1) is 29.1 Å². The average molecular weight is 474 g/mol. The molecule has 0 aliphatic heterocycles. The maximum atomic E-state index is 14.6. The highest BCUT2D eigenvalue weighted by Crippen LogP contribution is 2.25. The smallest absolute Gasteiger partial charge is 0.200 e. The molecule has 0 unspecified atom stereocenters. The number of nitrogens with zero attached hydrogens (tertiary/aromatic N) is 2. The van der Waals surface area contributed by atoms with Crippen LogP contribution in [0.15, 0.2) is 40.5 Å². The van der Waals surface area contributed by atoms with Crippen LogP contribution in [0.2, 0.25) is 0 Å². The topological polar surface area (TPSA) is 72.8 Å². The molecule has 0 atom stereocenters. The van der Waals surface area contributed by atoms with Gasteiger partial charge in [-0.1, -0.05) is 30.3 Å². The van der Waals surface area contributed by atoms with Crippen molar-refractivity contribution in [3.05, 3.63) is 70.5 Å². The maximum Gasteiger partial charge on any atom is 0.200 e. The molecular weight excluding hydrogens is 459 g/mol. The fraction of sp³-hybridized carbons (Fsp3) is 0.111. The lowest BCUT2D eigenvalue weighted by Crippen LogP contribution is -2.34. The SMILES string of the molecule is CNC(=S)N/N=C(/C(=N/NC(=S)NC)c1c(F)c(F)c(F)c(F)c1F)c1ccccc1. The Kier molecular flexibility index (Phi) is 8.33. The molecule has 164 valence electrons. The molecule has 0 fully saturated rings. The quantitative estimate of drug-likeness (QED) is 0.133. The molecule has 6 nitrogen and oxygen atoms in total. The number of nitrogens with one attached hydrogen (secondary N) is 4. The van der Waals surface area contributed by atoms with Gasteiger partial charge in [0.2, 0.25) is 5.82 Å². The fourth-order valence-electron chi connectivity index (χ4n) is 2.22.